The van der Waals surface area contributed by atoms with Gasteiger partial charge in [0.15, 0.2) is 0 Å². The van der Waals surface area contributed by atoms with E-state index in [1.165, 1.54) is 0 Å². The van der Waals surface area contributed by atoms with Crippen LogP contribution in [0.2, 0.25) is 5.02 Å². The molecule has 0 bridgehead atoms. The molecule has 1 aromatic heterocycles. The fourth-order valence-electron chi connectivity index (χ4n) is 1.62. The van der Waals surface area contributed by atoms with Crippen molar-refractivity contribution in [1.29, 1.82) is 0 Å². The minimum absolute atomic E-state index is 0.551. The summed E-state index contributed by atoms with van der Waals surface area (Å²) < 4.78 is 0. The van der Waals surface area contributed by atoms with Gasteiger partial charge >= 0.3 is 0 Å². The van der Waals surface area contributed by atoms with Crippen LogP contribution in [0, 0.1) is 13.8 Å². The lowest BCUT2D eigenvalue weighted by atomic mass is 10.2. The fraction of sp³-hybridized carbons (Fsp3) is 0.167. The molecule has 0 saturated carbocycles. The van der Waals surface area contributed by atoms with E-state index in [0.717, 1.165) is 11.3 Å². The van der Waals surface area contributed by atoms with Crippen molar-refractivity contribution in [2.75, 3.05) is 10.7 Å². The van der Waals surface area contributed by atoms with Crippen molar-refractivity contribution >= 4 is 28.9 Å². The molecule has 0 aliphatic carbocycles. The summed E-state index contributed by atoms with van der Waals surface area (Å²) in [7, 11) is 0. The van der Waals surface area contributed by atoms with Gasteiger partial charge in [0.25, 0.3) is 0 Å². The third-order valence-corrected chi connectivity index (χ3v) is 2.78. The van der Waals surface area contributed by atoms with Gasteiger partial charge in [-0.25, -0.2) is 15.8 Å². The highest BCUT2D eigenvalue weighted by atomic mass is 35.5. The van der Waals surface area contributed by atoms with E-state index >= 15 is 0 Å². The van der Waals surface area contributed by atoms with Gasteiger partial charge in [-0.15, -0.1) is 0 Å². The second kappa shape index (κ2) is 5.20. The number of hydrazine groups is 1. The molecule has 4 N–H and O–H groups in total. The highest BCUT2D eigenvalue weighted by molar-refractivity contribution is 6.33. The summed E-state index contributed by atoms with van der Waals surface area (Å²) in [4.78, 5) is 8.40. The van der Waals surface area contributed by atoms with Crippen LogP contribution in [0.4, 0.5) is 17.3 Å². The SMILES string of the molecule is Cc1nc(NN)cc(Nc2c(C)cccc2Cl)n1. The lowest BCUT2D eigenvalue weighted by molar-refractivity contribution is 1.05. The molecule has 94 valence electrons. The average Bonchev–Trinajstić information content (AvgIpc) is 2.33. The van der Waals surface area contributed by atoms with Crippen molar-refractivity contribution in [2.24, 2.45) is 5.84 Å². The summed E-state index contributed by atoms with van der Waals surface area (Å²) in [6.45, 7) is 3.77. The molecule has 0 spiro atoms. The molecule has 0 fully saturated rings. The van der Waals surface area contributed by atoms with E-state index in [1.807, 2.05) is 25.1 Å². The van der Waals surface area contributed by atoms with Crippen molar-refractivity contribution in [3.8, 4) is 0 Å². The maximum Gasteiger partial charge on any atom is 0.145 e. The number of halogens is 1. The Bertz CT molecular complexity index is 550. The topological polar surface area (TPSA) is 75.9 Å². The van der Waals surface area contributed by atoms with Crippen LogP contribution in [0.3, 0.4) is 0 Å². The Hall–Kier alpha value is -1.85. The maximum atomic E-state index is 6.15. The molecule has 0 unspecified atom stereocenters. The van der Waals surface area contributed by atoms with Crippen LogP contribution >= 0.6 is 11.6 Å². The Morgan fingerprint density at radius 1 is 1.17 bits per heavy atom. The lowest BCUT2D eigenvalue weighted by Crippen LogP contribution is -2.10. The van der Waals surface area contributed by atoms with Crippen LogP contribution in [0.15, 0.2) is 24.3 Å². The Labute approximate surface area is 110 Å². The number of benzene rings is 1. The van der Waals surface area contributed by atoms with Gasteiger partial charge in [-0.2, -0.15) is 0 Å². The minimum atomic E-state index is 0.551. The lowest BCUT2D eigenvalue weighted by Gasteiger charge is -2.12. The molecule has 6 heteroatoms. The van der Waals surface area contributed by atoms with Crippen LogP contribution in [0.1, 0.15) is 11.4 Å². The van der Waals surface area contributed by atoms with E-state index in [2.05, 4.69) is 20.7 Å². The van der Waals surface area contributed by atoms with E-state index in [1.54, 1.807) is 13.0 Å². The van der Waals surface area contributed by atoms with Crippen LogP contribution in [-0.4, -0.2) is 9.97 Å². The van der Waals surface area contributed by atoms with Crippen LogP contribution in [-0.2, 0) is 0 Å². The zero-order valence-corrected chi connectivity index (χ0v) is 10.9. The summed E-state index contributed by atoms with van der Waals surface area (Å²) >= 11 is 6.15. The van der Waals surface area contributed by atoms with E-state index in [4.69, 9.17) is 17.4 Å². The number of hydrogen-bond acceptors (Lipinski definition) is 5. The fourth-order valence-corrected chi connectivity index (χ4v) is 1.89. The standard InChI is InChI=1S/C12H14ClN5/c1-7-4-3-5-9(13)12(7)17-10-6-11(18-14)16-8(2)15-10/h3-6H,14H2,1-2H3,(H2,15,16,17,18). The van der Waals surface area contributed by atoms with Gasteiger partial charge in [-0.1, -0.05) is 23.7 Å². The highest BCUT2D eigenvalue weighted by Crippen LogP contribution is 2.28. The second-order valence-corrected chi connectivity index (χ2v) is 4.29. The Kier molecular flexibility index (Phi) is 3.64. The molecular weight excluding hydrogens is 250 g/mol. The van der Waals surface area contributed by atoms with Gasteiger partial charge in [0.2, 0.25) is 0 Å². The van der Waals surface area contributed by atoms with E-state index in [9.17, 15) is 0 Å². The van der Waals surface area contributed by atoms with Gasteiger partial charge in [0.05, 0.1) is 10.7 Å². The highest BCUT2D eigenvalue weighted by Gasteiger charge is 2.06. The van der Waals surface area contributed by atoms with Gasteiger partial charge in [-0.05, 0) is 25.5 Å². The van der Waals surface area contributed by atoms with Crippen molar-refractivity contribution < 1.29 is 0 Å². The van der Waals surface area contributed by atoms with Gasteiger partial charge in [-0.3, -0.25) is 0 Å². The first kappa shape index (κ1) is 12.6. The number of nitrogen functional groups attached to an aromatic ring is 1. The monoisotopic (exact) mass is 263 g/mol. The van der Waals surface area contributed by atoms with E-state index in [-0.39, 0.29) is 0 Å². The summed E-state index contributed by atoms with van der Waals surface area (Å²) in [6.07, 6.45) is 0. The molecule has 1 aromatic carbocycles. The number of para-hydroxylation sites is 1. The van der Waals surface area contributed by atoms with Gasteiger partial charge < -0.3 is 10.7 Å². The largest absolute Gasteiger partial charge is 0.339 e. The predicted molar refractivity (Wildman–Crippen MR) is 74.1 cm³/mol. The van der Waals surface area contributed by atoms with Crippen molar-refractivity contribution in [1.82, 2.24) is 9.97 Å². The Morgan fingerprint density at radius 3 is 2.56 bits per heavy atom. The summed E-state index contributed by atoms with van der Waals surface area (Å²) in [5, 5.41) is 3.82. The number of nitrogens with two attached hydrogens (primary N) is 1. The summed E-state index contributed by atoms with van der Waals surface area (Å²) in [5.74, 6) is 7.17. The van der Waals surface area contributed by atoms with E-state index in [0.29, 0.717) is 22.5 Å². The molecule has 2 aromatic rings. The number of aryl methyl sites for hydroxylation is 2. The molecule has 0 amide bonds. The van der Waals surface area contributed by atoms with Gasteiger partial charge in [0.1, 0.15) is 17.5 Å². The van der Waals surface area contributed by atoms with Crippen molar-refractivity contribution in [3.05, 3.63) is 40.7 Å². The van der Waals surface area contributed by atoms with Gasteiger partial charge in [0, 0.05) is 6.07 Å². The molecule has 1 heterocycles. The zero-order chi connectivity index (χ0) is 13.1. The summed E-state index contributed by atoms with van der Waals surface area (Å²) in [5.41, 5.74) is 4.38. The number of rotatable bonds is 3. The third kappa shape index (κ3) is 2.69. The molecular formula is C12H14ClN5. The molecule has 5 nitrogen and oxygen atoms in total. The molecule has 0 aliphatic rings. The summed E-state index contributed by atoms with van der Waals surface area (Å²) in [6, 6.07) is 7.42. The number of aromatic nitrogens is 2. The van der Waals surface area contributed by atoms with Crippen LogP contribution in [0.5, 0.6) is 0 Å². The molecule has 0 aliphatic heterocycles. The van der Waals surface area contributed by atoms with E-state index < -0.39 is 0 Å². The second-order valence-electron chi connectivity index (χ2n) is 3.89. The molecule has 0 saturated heterocycles. The molecule has 2 rings (SSSR count). The number of nitrogens with zero attached hydrogens (tertiary/aromatic N) is 2. The predicted octanol–water partition coefficient (Wildman–Crippen LogP) is 2.78. The number of hydrogen-bond donors (Lipinski definition) is 3. The zero-order valence-electron chi connectivity index (χ0n) is 10.2. The minimum Gasteiger partial charge on any atom is -0.339 e. The maximum absolute atomic E-state index is 6.15. The first-order valence-electron chi connectivity index (χ1n) is 5.44. The first-order valence-corrected chi connectivity index (χ1v) is 5.82. The normalized spacial score (nSPS) is 10.2. The number of anilines is 3. The van der Waals surface area contributed by atoms with Crippen LogP contribution in [0.25, 0.3) is 0 Å². The first-order chi connectivity index (χ1) is 8.60. The molecule has 18 heavy (non-hydrogen) atoms. The molecule has 0 atom stereocenters. The smallest absolute Gasteiger partial charge is 0.145 e. The molecule has 0 radical (unpaired) electrons. The number of nitrogens with one attached hydrogen (secondary N) is 2. The third-order valence-electron chi connectivity index (χ3n) is 2.46. The quantitative estimate of drug-likeness (QED) is 0.586. The Balaban J connectivity index is 2.37. The van der Waals surface area contributed by atoms with Crippen LogP contribution < -0.4 is 16.6 Å². The average molecular weight is 264 g/mol. The van der Waals surface area contributed by atoms with Crippen molar-refractivity contribution in [3.63, 3.8) is 0 Å². The Morgan fingerprint density at radius 2 is 1.89 bits per heavy atom. The van der Waals surface area contributed by atoms with Crippen molar-refractivity contribution in [2.45, 2.75) is 13.8 Å².